The van der Waals surface area contributed by atoms with Crippen LogP contribution in [-0.2, 0) is 17.8 Å². The van der Waals surface area contributed by atoms with E-state index in [1.807, 2.05) is 20.8 Å². The standard InChI is InChI=1S/C12H17ClN2O2/c1-8(2)7-15-12(17)10(4-5-11(13)16)6-9(3)14-15/h6,8H,4-5,7H2,1-3H3. The van der Waals surface area contributed by atoms with E-state index < -0.39 is 5.24 Å². The molecule has 0 aliphatic carbocycles. The van der Waals surface area contributed by atoms with Gasteiger partial charge in [-0.2, -0.15) is 5.10 Å². The molecule has 0 fully saturated rings. The number of aryl methyl sites for hydroxylation is 2. The third-order valence-electron chi connectivity index (χ3n) is 2.30. The fourth-order valence-electron chi connectivity index (χ4n) is 1.63. The number of hydrogen-bond donors (Lipinski definition) is 0. The third kappa shape index (κ3) is 4.30. The number of rotatable bonds is 5. The second-order valence-corrected chi connectivity index (χ2v) is 4.97. The summed E-state index contributed by atoms with van der Waals surface area (Å²) in [5.41, 5.74) is 1.26. The third-order valence-corrected chi connectivity index (χ3v) is 2.49. The second kappa shape index (κ2) is 5.96. The molecule has 0 saturated carbocycles. The molecule has 0 saturated heterocycles. The highest BCUT2D eigenvalue weighted by Crippen LogP contribution is 2.03. The van der Waals surface area contributed by atoms with Crippen molar-refractivity contribution in [1.29, 1.82) is 0 Å². The van der Waals surface area contributed by atoms with E-state index in [0.29, 0.717) is 24.4 Å². The van der Waals surface area contributed by atoms with E-state index in [1.54, 1.807) is 6.07 Å². The maximum Gasteiger partial charge on any atom is 0.269 e. The van der Waals surface area contributed by atoms with Crippen molar-refractivity contribution in [1.82, 2.24) is 9.78 Å². The lowest BCUT2D eigenvalue weighted by Crippen LogP contribution is -2.28. The molecule has 4 nitrogen and oxygen atoms in total. The van der Waals surface area contributed by atoms with Gasteiger partial charge in [-0.15, -0.1) is 0 Å². The van der Waals surface area contributed by atoms with Crippen LogP contribution in [0.15, 0.2) is 10.9 Å². The smallest absolute Gasteiger partial charge is 0.269 e. The van der Waals surface area contributed by atoms with Gasteiger partial charge >= 0.3 is 0 Å². The maximum absolute atomic E-state index is 12.0. The zero-order valence-corrected chi connectivity index (χ0v) is 11.1. The predicted molar refractivity (Wildman–Crippen MR) is 67.3 cm³/mol. The first kappa shape index (κ1) is 13.9. The maximum atomic E-state index is 12.0. The molecule has 94 valence electrons. The number of halogens is 1. The first-order valence-electron chi connectivity index (χ1n) is 5.66. The van der Waals surface area contributed by atoms with Gasteiger partial charge in [-0.05, 0) is 36.9 Å². The van der Waals surface area contributed by atoms with Crippen LogP contribution in [0.3, 0.4) is 0 Å². The van der Waals surface area contributed by atoms with Gasteiger partial charge in [0, 0.05) is 18.5 Å². The van der Waals surface area contributed by atoms with Crippen molar-refractivity contribution in [2.75, 3.05) is 0 Å². The Morgan fingerprint density at radius 1 is 1.53 bits per heavy atom. The van der Waals surface area contributed by atoms with Gasteiger partial charge in [-0.1, -0.05) is 13.8 Å². The molecule has 0 spiro atoms. The Morgan fingerprint density at radius 2 is 2.18 bits per heavy atom. The Kier molecular flexibility index (Phi) is 4.87. The predicted octanol–water partition coefficient (Wildman–Crippen LogP) is 1.91. The van der Waals surface area contributed by atoms with Crippen LogP contribution in [0.4, 0.5) is 0 Å². The van der Waals surface area contributed by atoms with Gasteiger partial charge < -0.3 is 0 Å². The van der Waals surface area contributed by atoms with Gasteiger partial charge in [0.05, 0.1) is 5.69 Å². The van der Waals surface area contributed by atoms with E-state index in [-0.39, 0.29) is 12.0 Å². The van der Waals surface area contributed by atoms with Crippen LogP contribution in [0.2, 0.25) is 0 Å². The Hall–Kier alpha value is -1.16. The first-order chi connectivity index (χ1) is 7.90. The van der Waals surface area contributed by atoms with E-state index in [9.17, 15) is 9.59 Å². The monoisotopic (exact) mass is 256 g/mol. The van der Waals surface area contributed by atoms with Crippen molar-refractivity contribution in [2.24, 2.45) is 5.92 Å². The fraction of sp³-hybridized carbons (Fsp3) is 0.583. The molecule has 0 radical (unpaired) electrons. The first-order valence-corrected chi connectivity index (χ1v) is 6.04. The van der Waals surface area contributed by atoms with E-state index in [4.69, 9.17) is 11.6 Å². The lowest BCUT2D eigenvalue weighted by atomic mass is 10.1. The Balaban J connectivity index is 3.01. The number of aromatic nitrogens is 2. The summed E-state index contributed by atoms with van der Waals surface area (Å²) in [5.74, 6) is 0.351. The molecule has 17 heavy (non-hydrogen) atoms. The summed E-state index contributed by atoms with van der Waals surface area (Å²) in [6, 6.07) is 1.72. The normalized spacial score (nSPS) is 10.9. The van der Waals surface area contributed by atoms with E-state index in [1.165, 1.54) is 4.68 Å². The highest BCUT2D eigenvalue weighted by molar-refractivity contribution is 6.63. The lowest BCUT2D eigenvalue weighted by Gasteiger charge is -2.10. The van der Waals surface area contributed by atoms with Crippen LogP contribution in [0.1, 0.15) is 31.5 Å². The molecule has 1 rings (SSSR count). The van der Waals surface area contributed by atoms with Crippen LogP contribution in [0.25, 0.3) is 0 Å². The molecule has 0 bridgehead atoms. The molecule has 5 heteroatoms. The Labute approximate surface area is 106 Å². The Bertz CT molecular complexity index is 466. The lowest BCUT2D eigenvalue weighted by molar-refractivity contribution is -0.111. The van der Waals surface area contributed by atoms with Crippen molar-refractivity contribution in [3.05, 3.63) is 27.7 Å². The minimum absolute atomic E-state index is 0.123. The van der Waals surface area contributed by atoms with Crippen LogP contribution in [-0.4, -0.2) is 15.0 Å². The van der Waals surface area contributed by atoms with Gasteiger partial charge in [0.25, 0.3) is 5.56 Å². The molecule has 1 heterocycles. The van der Waals surface area contributed by atoms with E-state index in [0.717, 1.165) is 5.69 Å². The summed E-state index contributed by atoms with van der Waals surface area (Å²) in [7, 11) is 0. The topological polar surface area (TPSA) is 52.0 Å². The molecule has 0 aromatic carbocycles. The summed E-state index contributed by atoms with van der Waals surface area (Å²) >= 11 is 5.28. The van der Waals surface area contributed by atoms with Crippen molar-refractivity contribution in [3.63, 3.8) is 0 Å². The molecule has 1 aromatic heterocycles. The fourth-order valence-corrected chi connectivity index (χ4v) is 1.72. The Morgan fingerprint density at radius 3 is 2.71 bits per heavy atom. The molecule has 0 atom stereocenters. The molecule has 0 aliphatic rings. The summed E-state index contributed by atoms with van der Waals surface area (Å²) < 4.78 is 1.47. The minimum atomic E-state index is -0.422. The number of hydrogen-bond acceptors (Lipinski definition) is 3. The van der Waals surface area contributed by atoms with Crippen molar-refractivity contribution in [2.45, 2.75) is 40.2 Å². The SMILES string of the molecule is Cc1cc(CCC(=O)Cl)c(=O)n(CC(C)C)n1. The van der Waals surface area contributed by atoms with Gasteiger partial charge in [0.2, 0.25) is 5.24 Å². The number of nitrogens with zero attached hydrogens (tertiary/aromatic N) is 2. The highest BCUT2D eigenvalue weighted by atomic mass is 35.5. The number of carbonyl (C=O) groups is 1. The summed E-state index contributed by atoms with van der Waals surface area (Å²) in [6.45, 7) is 6.47. The highest BCUT2D eigenvalue weighted by Gasteiger charge is 2.09. The van der Waals surface area contributed by atoms with Crippen LogP contribution >= 0.6 is 11.6 Å². The van der Waals surface area contributed by atoms with E-state index >= 15 is 0 Å². The minimum Gasteiger partial charge on any atom is -0.281 e. The van der Waals surface area contributed by atoms with Crippen molar-refractivity contribution in [3.8, 4) is 0 Å². The summed E-state index contributed by atoms with van der Waals surface area (Å²) in [5, 5.41) is 3.76. The molecule has 0 aliphatic heterocycles. The van der Waals surface area contributed by atoms with Crippen molar-refractivity contribution < 1.29 is 4.79 Å². The van der Waals surface area contributed by atoms with Crippen LogP contribution < -0.4 is 5.56 Å². The van der Waals surface area contributed by atoms with Crippen molar-refractivity contribution >= 4 is 16.8 Å². The van der Waals surface area contributed by atoms with Gasteiger partial charge in [-0.25, -0.2) is 4.68 Å². The summed E-state index contributed by atoms with van der Waals surface area (Å²) in [4.78, 5) is 22.7. The quantitative estimate of drug-likeness (QED) is 0.756. The average molecular weight is 257 g/mol. The number of carbonyl (C=O) groups excluding carboxylic acids is 1. The largest absolute Gasteiger partial charge is 0.281 e. The van der Waals surface area contributed by atoms with E-state index in [2.05, 4.69) is 5.10 Å². The molecule has 0 N–H and O–H groups in total. The molecule has 0 unspecified atom stereocenters. The van der Waals surface area contributed by atoms with Crippen LogP contribution in [0, 0.1) is 12.8 Å². The van der Waals surface area contributed by atoms with Gasteiger partial charge in [-0.3, -0.25) is 9.59 Å². The second-order valence-electron chi connectivity index (χ2n) is 4.55. The molecule has 1 aromatic rings. The molecular weight excluding hydrogens is 240 g/mol. The molecular formula is C12H17ClN2O2. The summed E-state index contributed by atoms with van der Waals surface area (Å²) in [6.07, 6.45) is 0.560. The molecule has 0 amide bonds. The average Bonchev–Trinajstić information content (AvgIpc) is 2.19. The zero-order valence-electron chi connectivity index (χ0n) is 10.4. The van der Waals surface area contributed by atoms with Gasteiger partial charge in [0.15, 0.2) is 0 Å². The van der Waals surface area contributed by atoms with Crippen LogP contribution in [0.5, 0.6) is 0 Å². The van der Waals surface area contributed by atoms with Gasteiger partial charge in [0.1, 0.15) is 0 Å². The zero-order chi connectivity index (χ0) is 13.0.